The quantitative estimate of drug-likeness (QED) is 0.889. The fourth-order valence-electron chi connectivity index (χ4n) is 1.58. The van der Waals surface area contributed by atoms with Crippen molar-refractivity contribution in [3.8, 4) is 0 Å². The maximum absolute atomic E-state index is 12.2. The number of nitrogens with one attached hydrogen (secondary N) is 1. The van der Waals surface area contributed by atoms with Crippen molar-refractivity contribution in [2.24, 2.45) is 5.73 Å². The minimum Gasteiger partial charge on any atom is -0.326 e. The SMILES string of the molecule is Cc1ccc(NS(=O)(=O)c2cccc(CN)c2)cn1. The lowest BCUT2D eigenvalue weighted by Crippen LogP contribution is -2.13. The van der Waals surface area contributed by atoms with Crippen LogP contribution in [-0.2, 0) is 16.6 Å². The first-order valence-electron chi connectivity index (χ1n) is 5.76. The van der Waals surface area contributed by atoms with E-state index in [1.165, 1.54) is 12.3 Å². The molecule has 19 heavy (non-hydrogen) atoms. The fraction of sp³-hybridized carbons (Fsp3) is 0.154. The Morgan fingerprint density at radius 1 is 1.26 bits per heavy atom. The number of nitrogens with two attached hydrogens (primary N) is 1. The molecule has 3 N–H and O–H groups in total. The summed E-state index contributed by atoms with van der Waals surface area (Å²) in [4.78, 5) is 4.23. The number of nitrogens with zero attached hydrogens (tertiary/aromatic N) is 1. The van der Waals surface area contributed by atoms with E-state index in [0.29, 0.717) is 12.2 Å². The molecule has 6 heteroatoms. The molecule has 2 aromatic rings. The van der Waals surface area contributed by atoms with Crippen LogP contribution in [0.3, 0.4) is 0 Å². The summed E-state index contributed by atoms with van der Waals surface area (Å²) >= 11 is 0. The van der Waals surface area contributed by atoms with Gasteiger partial charge >= 0.3 is 0 Å². The van der Waals surface area contributed by atoms with Crippen LogP contribution in [0, 0.1) is 6.92 Å². The number of aryl methyl sites for hydroxylation is 1. The largest absolute Gasteiger partial charge is 0.326 e. The second-order valence-corrected chi connectivity index (χ2v) is 5.83. The van der Waals surface area contributed by atoms with E-state index in [2.05, 4.69) is 9.71 Å². The molecule has 1 aromatic heterocycles. The van der Waals surface area contributed by atoms with E-state index >= 15 is 0 Å². The van der Waals surface area contributed by atoms with E-state index in [1.54, 1.807) is 30.3 Å². The van der Waals surface area contributed by atoms with Gasteiger partial charge in [0.2, 0.25) is 0 Å². The standard InChI is InChI=1S/C13H15N3O2S/c1-10-5-6-12(9-15-10)16-19(17,18)13-4-2-3-11(7-13)8-14/h2-7,9,16H,8,14H2,1H3. The normalized spacial score (nSPS) is 11.3. The molecular weight excluding hydrogens is 262 g/mol. The summed E-state index contributed by atoms with van der Waals surface area (Å²) in [5.74, 6) is 0. The molecule has 5 nitrogen and oxygen atoms in total. The topological polar surface area (TPSA) is 85.1 Å². The maximum Gasteiger partial charge on any atom is 0.261 e. The van der Waals surface area contributed by atoms with Crippen LogP contribution in [0.15, 0.2) is 47.5 Å². The van der Waals surface area contributed by atoms with Gasteiger partial charge in [0.05, 0.1) is 16.8 Å². The first kappa shape index (κ1) is 13.5. The predicted molar refractivity (Wildman–Crippen MR) is 74.1 cm³/mol. The number of hydrogen-bond acceptors (Lipinski definition) is 4. The van der Waals surface area contributed by atoms with Crippen molar-refractivity contribution >= 4 is 15.7 Å². The highest BCUT2D eigenvalue weighted by Crippen LogP contribution is 2.16. The average molecular weight is 277 g/mol. The molecule has 0 radical (unpaired) electrons. The highest BCUT2D eigenvalue weighted by molar-refractivity contribution is 7.92. The van der Waals surface area contributed by atoms with E-state index in [4.69, 9.17) is 5.73 Å². The Morgan fingerprint density at radius 3 is 2.68 bits per heavy atom. The third kappa shape index (κ3) is 3.30. The lowest BCUT2D eigenvalue weighted by Gasteiger charge is -2.08. The van der Waals surface area contributed by atoms with Gasteiger partial charge in [-0.15, -0.1) is 0 Å². The molecule has 0 saturated heterocycles. The van der Waals surface area contributed by atoms with Crippen LogP contribution in [0.2, 0.25) is 0 Å². The van der Waals surface area contributed by atoms with Crippen LogP contribution in [0.4, 0.5) is 5.69 Å². The number of pyridine rings is 1. The van der Waals surface area contributed by atoms with Gasteiger partial charge < -0.3 is 5.73 Å². The average Bonchev–Trinajstić information content (AvgIpc) is 2.41. The van der Waals surface area contributed by atoms with Crippen molar-refractivity contribution in [2.75, 3.05) is 4.72 Å². The first-order chi connectivity index (χ1) is 9.01. The minimum atomic E-state index is -3.60. The van der Waals surface area contributed by atoms with Crippen LogP contribution >= 0.6 is 0 Å². The van der Waals surface area contributed by atoms with Crippen LogP contribution in [0.1, 0.15) is 11.3 Å². The zero-order valence-electron chi connectivity index (χ0n) is 10.5. The molecule has 0 fully saturated rings. The van der Waals surface area contributed by atoms with Crippen molar-refractivity contribution in [3.05, 3.63) is 53.9 Å². The van der Waals surface area contributed by atoms with Crippen LogP contribution in [0.25, 0.3) is 0 Å². The number of hydrogen-bond donors (Lipinski definition) is 2. The number of rotatable bonds is 4. The summed E-state index contributed by atoms with van der Waals surface area (Å²) < 4.78 is 26.8. The molecule has 1 aromatic carbocycles. The van der Waals surface area contributed by atoms with E-state index in [1.807, 2.05) is 6.92 Å². The summed E-state index contributed by atoms with van der Waals surface area (Å²) in [5.41, 5.74) is 7.54. The van der Waals surface area contributed by atoms with Gasteiger partial charge in [0.1, 0.15) is 0 Å². The third-order valence-corrected chi connectivity index (χ3v) is 3.99. The van der Waals surface area contributed by atoms with Crippen molar-refractivity contribution in [3.63, 3.8) is 0 Å². The van der Waals surface area contributed by atoms with Crippen LogP contribution in [0.5, 0.6) is 0 Å². The van der Waals surface area contributed by atoms with Gasteiger partial charge in [-0.05, 0) is 36.8 Å². The summed E-state index contributed by atoms with van der Waals surface area (Å²) in [7, 11) is -3.60. The Hall–Kier alpha value is -1.92. The highest BCUT2D eigenvalue weighted by atomic mass is 32.2. The zero-order valence-corrected chi connectivity index (χ0v) is 11.3. The molecule has 0 aliphatic rings. The van der Waals surface area contributed by atoms with Gasteiger partial charge in [-0.25, -0.2) is 8.42 Å². The van der Waals surface area contributed by atoms with Crippen molar-refractivity contribution in [1.82, 2.24) is 4.98 Å². The Balaban J connectivity index is 2.29. The van der Waals surface area contributed by atoms with Gasteiger partial charge in [-0.1, -0.05) is 12.1 Å². The van der Waals surface area contributed by atoms with Gasteiger partial charge in [0.25, 0.3) is 10.0 Å². The molecule has 0 saturated carbocycles. The van der Waals surface area contributed by atoms with Gasteiger partial charge in [-0.3, -0.25) is 9.71 Å². The van der Waals surface area contributed by atoms with E-state index in [-0.39, 0.29) is 4.90 Å². The first-order valence-corrected chi connectivity index (χ1v) is 7.24. The lowest BCUT2D eigenvalue weighted by atomic mass is 10.2. The molecule has 100 valence electrons. The van der Waals surface area contributed by atoms with Crippen molar-refractivity contribution in [1.29, 1.82) is 0 Å². The fourth-order valence-corrected chi connectivity index (χ4v) is 2.70. The van der Waals surface area contributed by atoms with Crippen molar-refractivity contribution in [2.45, 2.75) is 18.4 Å². The number of aromatic nitrogens is 1. The van der Waals surface area contributed by atoms with Gasteiger partial charge in [0, 0.05) is 12.2 Å². The molecule has 0 aliphatic heterocycles. The van der Waals surface area contributed by atoms with E-state index < -0.39 is 10.0 Å². The summed E-state index contributed by atoms with van der Waals surface area (Å²) in [5, 5.41) is 0. The van der Waals surface area contributed by atoms with Gasteiger partial charge in [-0.2, -0.15) is 0 Å². The molecule has 0 amide bonds. The monoisotopic (exact) mass is 277 g/mol. The van der Waals surface area contributed by atoms with E-state index in [9.17, 15) is 8.42 Å². The Morgan fingerprint density at radius 2 is 2.05 bits per heavy atom. The second kappa shape index (κ2) is 5.38. The molecule has 0 aliphatic carbocycles. The minimum absolute atomic E-state index is 0.191. The molecule has 1 heterocycles. The molecular formula is C13H15N3O2S. The Kier molecular flexibility index (Phi) is 3.82. The number of anilines is 1. The third-order valence-electron chi connectivity index (χ3n) is 2.61. The second-order valence-electron chi connectivity index (χ2n) is 4.15. The molecule has 0 unspecified atom stereocenters. The number of benzene rings is 1. The molecule has 0 bridgehead atoms. The molecule has 0 spiro atoms. The summed E-state index contributed by atoms with van der Waals surface area (Å²) in [6.45, 7) is 2.14. The van der Waals surface area contributed by atoms with E-state index in [0.717, 1.165) is 11.3 Å². The van der Waals surface area contributed by atoms with Crippen molar-refractivity contribution < 1.29 is 8.42 Å². The smallest absolute Gasteiger partial charge is 0.261 e. The summed E-state index contributed by atoms with van der Waals surface area (Å²) in [6.07, 6.45) is 1.49. The lowest BCUT2D eigenvalue weighted by molar-refractivity contribution is 0.601. The zero-order chi connectivity index (χ0) is 13.9. The summed E-state index contributed by atoms with van der Waals surface area (Å²) in [6, 6.07) is 9.96. The van der Waals surface area contributed by atoms with Gasteiger partial charge in [0.15, 0.2) is 0 Å². The highest BCUT2D eigenvalue weighted by Gasteiger charge is 2.14. The molecule has 0 atom stereocenters. The Bertz CT molecular complexity index is 667. The van der Waals surface area contributed by atoms with Crippen LogP contribution < -0.4 is 10.5 Å². The number of sulfonamides is 1. The predicted octanol–water partition coefficient (Wildman–Crippen LogP) is 1.65. The maximum atomic E-state index is 12.2. The molecule has 2 rings (SSSR count). The van der Waals surface area contributed by atoms with Crippen LogP contribution in [-0.4, -0.2) is 13.4 Å². The Labute approximate surface area is 112 Å².